The van der Waals surface area contributed by atoms with E-state index in [0.717, 1.165) is 0 Å². The predicted molar refractivity (Wildman–Crippen MR) is 44.4 cm³/mol. The van der Waals surface area contributed by atoms with Crippen LogP contribution in [0.2, 0.25) is 5.02 Å². The van der Waals surface area contributed by atoms with Crippen molar-refractivity contribution in [3.63, 3.8) is 0 Å². The van der Waals surface area contributed by atoms with E-state index in [1.807, 2.05) is 0 Å². The maximum Gasteiger partial charge on any atom is 0.407 e. The molecule has 0 spiro atoms. The van der Waals surface area contributed by atoms with E-state index in [0.29, 0.717) is 12.1 Å². The van der Waals surface area contributed by atoms with Gasteiger partial charge in [-0.2, -0.15) is 13.2 Å². The molecule has 2 N–H and O–H groups in total. The zero-order valence-electron chi connectivity index (χ0n) is 7.08. The maximum absolute atomic E-state index is 13.0. The van der Waals surface area contributed by atoms with Crippen molar-refractivity contribution in [2.75, 3.05) is 0 Å². The highest BCUT2D eigenvalue weighted by molar-refractivity contribution is 6.30. The molecule has 0 aromatic heterocycles. The molecule has 15 heavy (non-hydrogen) atoms. The highest BCUT2D eigenvalue weighted by Crippen LogP contribution is 2.33. The van der Waals surface area contributed by atoms with Crippen LogP contribution < -0.4 is 5.73 Å². The Hall–Kier alpha value is -0.880. The third-order valence-electron chi connectivity index (χ3n) is 1.73. The van der Waals surface area contributed by atoms with Gasteiger partial charge in [-0.25, -0.2) is 8.78 Å². The Kier molecular flexibility index (Phi) is 3.20. The van der Waals surface area contributed by atoms with Gasteiger partial charge in [-0.3, -0.25) is 0 Å². The number of rotatable bonds is 1. The summed E-state index contributed by atoms with van der Waals surface area (Å²) in [5, 5.41) is -0.592. The number of benzene rings is 1. The highest BCUT2D eigenvalue weighted by Gasteiger charge is 2.39. The lowest BCUT2D eigenvalue weighted by atomic mass is 10.1. The number of halogens is 6. The molecule has 1 atom stereocenters. The first-order valence-electron chi connectivity index (χ1n) is 3.70. The molecule has 84 valence electrons. The molecule has 1 aromatic carbocycles. The van der Waals surface area contributed by atoms with Crippen molar-refractivity contribution in [1.82, 2.24) is 0 Å². The van der Waals surface area contributed by atoms with Crippen molar-refractivity contribution in [3.8, 4) is 0 Å². The van der Waals surface area contributed by atoms with E-state index in [9.17, 15) is 22.0 Å². The zero-order valence-corrected chi connectivity index (χ0v) is 7.83. The van der Waals surface area contributed by atoms with E-state index >= 15 is 0 Å². The maximum atomic E-state index is 13.0. The van der Waals surface area contributed by atoms with Crippen molar-refractivity contribution in [2.45, 2.75) is 12.2 Å². The normalized spacial score (nSPS) is 14.1. The van der Waals surface area contributed by atoms with E-state index in [-0.39, 0.29) is 0 Å². The second-order valence-electron chi connectivity index (χ2n) is 2.81. The van der Waals surface area contributed by atoms with E-state index in [4.69, 9.17) is 17.3 Å². The molecule has 0 aliphatic heterocycles. The van der Waals surface area contributed by atoms with Crippen molar-refractivity contribution >= 4 is 11.6 Å². The van der Waals surface area contributed by atoms with Crippen LogP contribution in [0.25, 0.3) is 0 Å². The van der Waals surface area contributed by atoms with E-state index in [1.165, 1.54) is 0 Å². The van der Waals surface area contributed by atoms with Gasteiger partial charge in [0.1, 0.15) is 17.7 Å². The fraction of sp³-hybridized carbons (Fsp3) is 0.250. The van der Waals surface area contributed by atoms with E-state index in [2.05, 4.69) is 0 Å². The molecule has 0 fully saturated rings. The average molecular weight is 246 g/mol. The molecule has 0 bridgehead atoms. The lowest BCUT2D eigenvalue weighted by Gasteiger charge is -2.16. The van der Waals surface area contributed by atoms with Gasteiger partial charge in [-0.1, -0.05) is 11.6 Å². The van der Waals surface area contributed by atoms with Crippen LogP contribution in [0, 0.1) is 11.6 Å². The number of alkyl halides is 3. The van der Waals surface area contributed by atoms with Crippen LogP contribution in [0.4, 0.5) is 22.0 Å². The summed E-state index contributed by atoms with van der Waals surface area (Å²) < 4.78 is 62.1. The van der Waals surface area contributed by atoms with Gasteiger partial charge < -0.3 is 5.73 Å². The molecule has 0 amide bonds. The molecule has 0 heterocycles. The third-order valence-corrected chi connectivity index (χ3v) is 2.02. The van der Waals surface area contributed by atoms with Gasteiger partial charge in [-0.05, 0) is 12.1 Å². The molecular formula is C8H5ClF5N. The van der Waals surface area contributed by atoms with E-state index in [1.54, 1.807) is 0 Å². The van der Waals surface area contributed by atoms with Crippen LogP contribution in [-0.4, -0.2) is 6.18 Å². The summed E-state index contributed by atoms with van der Waals surface area (Å²) >= 11 is 5.17. The van der Waals surface area contributed by atoms with Gasteiger partial charge >= 0.3 is 6.18 Å². The molecule has 1 aromatic rings. The minimum Gasteiger partial charge on any atom is -0.316 e. The van der Waals surface area contributed by atoms with Gasteiger partial charge in [0.05, 0.1) is 5.02 Å². The fourth-order valence-electron chi connectivity index (χ4n) is 0.953. The van der Waals surface area contributed by atoms with Gasteiger partial charge in [-0.15, -0.1) is 0 Å². The lowest BCUT2D eigenvalue weighted by Crippen LogP contribution is -2.29. The van der Waals surface area contributed by atoms with Gasteiger partial charge in [0.2, 0.25) is 0 Å². The fourth-order valence-corrected chi connectivity index (χ4v) is 1.10. The van der Waals surface area contributed by atoms with Gasteiger partial charge in [0.25, 0.3) is 0 Å². The Morgan fingerprint density at radius 3 is 2.13 bits per heavy atom. The first kappa shape index (κ1) is 12.2. The highest BCUT2D eigenvalue weighted by atomic mass is 35.5. The van der Waals surface area contributed by atoms with Crippen LogP contribution in [0.5, 0.6) is 0 Å². The smallest absolute Gasteiger partial charge is 0.316 e. The summed E-state index contributed by atoms with van der Waals surface area (Å²) in [6.45, 7) is 0. The first-order valence-corrected chi connectivity index (χ1v) is 4.08. The van der Waals surface area contributed by atoms with Crippen LogP contribution in [0.1, 0.15) is 11.6 Å². The summed E-state index contributed by atoms with van der Waals surface area (Å²) in [6.07, 6.45) is -4.83. The third kappa shape index (κ3) is 2.57. The molecule has 1 rings (SSSR count). The zero-order chi connectivity index (χ0) is 11.8. The number of hydrogen-bond acceptors (Lipinski definition) is 1. The Balaban J connectivity index is 3.21. The second kappa shape index (κ2) is 3.94. The molecule has 0 aliphatic carbocycles. The summed E-state index contributed by atoms with van der Waals surface area (Å²) in [7, 11) is 0. The van der Waals surface area contributed by atoms with Gasteiger partial charge in [0.15, 0.2) is 0 Å². The number of hydrogen-bond donors (Lipinski definition) is 1. The Labute approximate surface area is 86.6 Å². The van der Waals surface area contributed by atoms with Crippen molar-refractivity contribution in [1.29, 1.82) is 0 Å². The van der Waals surface area contributed by atoms with Crippen molar-refractivity contribution in [2.24, 2.45) is 5.73 Å². The SMILES string of the molecule is N[C@H](c1cc(F)c(Cl)cc1F)C(F)(F)F. The average Bonchev–Trinajstić information content (AvgIpc) is 2.08. The molecule has 1 nitrogen and oxygen atoms in total. The van der Waals surface area contributed by atoms with Crippen LogP contribution in [0.3, 0.4) is 0 Å². The van der Waals surface area contributed by atoms with Crippen molar-refractivity contribution < 1.29 is 22.0 Å². The summed E-state index contributed by atoms with van der Waals surface area (Å²) in [5.74, 6) is -2.43. The van der Waals surface area contributed by atoms with Crippen LogP contribution in [0.15, 0.2) is 12.1 Å². The van der Waals surface area contributed by atoms with Crippen molar-refractivity contribution in [3.05, 3.63) is 34.4 Å². The quantitative estimate of drug-likeness (QED) is 0.597. The second-order valence-corrected chi connectivity index (χ2v) is 3.21. The lowest BCUT2D eigenvalue weighted by molar-refractivity contribution is -0.149. The van der Waals surface area contributed by atoms with Crippen LogP contribution >= 0.6 is 11.6 Å². The minimum absolute atomic E-state index is 0.343. The molecule has 0 saturated heterocycles. The summed E-state index contributed by atoms with van der Waals surface area (Å²) in [4.78, 5) is 0. The molecule has 0 saturated carbocycles. The topological polar surface area (TPSA) is 26.0 Å². The minimum atomic E-state index is -4.83. The molecule has 0 aliphatic rings. The first-order chi connectivity index (χ1) is 6.73. The largest absolute Gasteiger partial charge is 0.407 e. The Morgan fingerprint density at radius 2 is 1.67 bits per heavy atom. The molecular weight excluding hydrogens is 241 g/mol. The molecule has 0 radical (unpaired) electrons. The number of nitrogens with two attached hydrogens (primary N) is 1. The molecule has 7 heteroatoms. The van der Waals surface area contributed by atoms with Crippen LogP contribution in [-0.2, 0) is 0 Å². The summed E-state index contributed by atoms with van der Waals surface area (Å²) in [6, 6.07) is -1.77. The predicted octanol–water partition coefficient (Wildman–Crippen LogP) is 3.18. The Bertz CT molecular complexity index is 376. The van der Waals surface area contributed by atoms with Gasteiger partial charge in [0, 0.05) is 5.56 Å². The standard InChI is InChI=1S/C8H5ClF5N/c9-4-2-5(10)3(1-6(4)11)7(15)8(12,13)14/h1-2,7H,15H2/t7-/m1/s1. The summed E-state index contributed by atoms with van der Waals surface area (Å²) in [5.41, 5.74) is 3.75. The Morgan fingerprint density at radius 1 is 1.13 bits per heavy atom. The monoisotopic (exact) mass is 245 g/mol. The molecule has 0 unspecified atom stereocenters. The van der Waals surface area contributed by atoms with E-state index < -0.39 is 34.4 Å².